The third-order valence-corrected chi connectivity index (χ3v) is 4.94. The topological polar surface area (TPSA) is 98.7 Å². The van der Waals surface area contributed by atoms with Gasteiger partial charge < -0.3 is 8.98 Å². The number of aromatic amines is 1. The predicted octanol–water partition coefficient (Wildman–Crippen LogP) is 2.05. The molecule has 0 unspecified atom stereocenters. The highest BCUT2D eigenvalue weighted by atomic mass is 35.5. The summed E-state index contributed by atoms with van der Waals surface area (Å²) in [6.45, 7) is 0. The van der Waals surface area contributed by atoms with Gasteiger partial charge in [0.1, 0.15) is 11.3 Å². The summed E-state index contributed by atoms with van der Waals surface area (Å²) in [4.78, 5) is 34.8. The second-order valence-electron chi connectivity index (χ2n) is 5.46. The van der Waals surface area contributed by atoms with Gasteiger partial charge >= 0.3 is 5.69 Å². The molecule has 0 spiro atoms. The number of H-pyrrole nitrogens is 1. The third-order valence-electron chi connectivity index (χ3n) is 3.88. The highest BCUT2D eigenvalue weighted by Gasteiger charge is 2.16. The van der Waals surface area contributed by atoms with Gasteiger partial charge in [-0.2, -0.15) is 0 Å². The standard InChI is InChI=1S/C15H12ClN5O3S/c1-20-10(18-12-11(20)13(22)19-14(23)21(12)2)6-25-15-17-8-5-7(16)3-4-9(8)24-15/h3-5H,6H2,1-2H3,(H,19,22,23). The molecule has 0 fully saturated rings. The van der Waals surface area contributed by atoms with E-state index in [1.54, 1.807) is 36.9 Å². The number of nitrogens with zero attached hydrogens (tertiary/aromatic N) is 4. The monoisotopic (exact) mass is 377 g/mol. The van der Waals surface area contributed by atoms with Crippen LogP contribution in [0, 0.1) is 0 Å². The Labute approximate surface area is 149 Å². The molecule has 25 heavy (non-hydrogen) atoms. The zero-order chi connectivity index (χ0) is 17.7. The van der Waals surface area contributed by atoms with Gasteiger partial charge in [-0.1, -0.05) is 23.4 Å². The van der Waals surface area contributed by atoms with Gasteiger partial charge in [0.05, 0.1) is 5.75 Å². The number of aromatic nitrogens is 5. The first-order valence-electron chi connectivity index (χ1n) is 7.27. The molecule has 0 amide bonds. The lowest BCUT2D eigenvalue weighted by atomic mass is 10.3. The molecular weight excluding hydrogens is 366 g/mol. The summed E-state index contributed by atoms with van der Waals surface area (Å²) in [5.74, 6) is 1.06. The fourth-order valence-electron chi connectivity index (χ4n) is 2.55. The zero-order valence-corrected chi connectivity index (χ0v) is 14.8. The fourth-order valence-corrected chi connectivity index (χ4v) is 3.54. The quantitative estimate of drug-likeness (QED) is 0.548. The summed E-state index contributed by atoms with van der Waals surface area (Å²) in [6.07, 6.45) is 0. The lowest BCUT2D eigenvalue weighted by molar-refractivity contribution is 0.489. The molecule has 0 aliphatic rings. The Hall–Kier alpha value is -2.52. The highest BCUT2D eigenvalue weighted by molar-refractivity contribution is 7.98. The summed E-state index contributed by atoms with van der Waals surface area (Å²) in [5.41, 5.74) is 1.07. The van der Waals surface area contributed by atoms with Crippen LogP contribution in [0.25, 0.3) is 22.3 Å². The molecule has 4 aromatic rings. The normalized spacial score (nSPS) is 11.6. The minimum Gasteiger partial charge on any atom is -0.431 e. The number of hydrogen-bond acceptors (Lipinski definition) is 6. The van der Waals surface area contributed by atoms with E-state index < -0.39 is 11.2 Å². The Kier molecular flexibility index (Phi) is 3.69. The van der Waals surface area contributed by atoms with Crippen LogP contribution in [0.1, 0.15) is 5.82 Å². The fraction of sp³-hybridized carbons (Fsp3) is 0.200. The van der Waals surface area contributed by atoms with Crippen LogP contribution in [0.5, 0.6) is 0 Å². The van der Waals surface area contributed by atoms with Crippen molar-refractivity contribution in [3.63, 3.8) is 0 Å². The zero-order valence-electron chi connectivity index (χ0n) is 13.2. The van der Waals surface area contributed by atoms with Crippen molar-refractivity contribution in [2.75, 3.05) is 0 Å². The van der Waals surface area contributed by atoms with Crippen LogP contribution in [0.15, 0.2) is 37.4 Å². The summed E-state index contributed by atoms with van der Waals surface area (Å²) in [6, 6.07) is 5.23. The lowest BCUT2D eigenvalue weighted by Gasteiger charge is -1.99. The van der Waals surface area contributed by atoms with E-state index in [2.05, 4.69) is 15.0 Å². The summed E-state index contributed by atoms with van der Waals surface area (Å²) < 4.78 is 8.64. The SMILES string of the molecule is Cn1c(CSc2nc3cc(Cl)ccc3o2)nc2c1c(=O)[nH]c(=O)n2C. The molecule has 1 N–H and O–H groups in total. The van der Waals surface area contributed by atoms with E-state index in [0.717, 1.165) is 0 Å². The van der Waals surface area contributed by atoms with E-state index in [9.17, 15) is 9.59 Å². The molecule has 1 aromatic carbocycles. The number of halogens is 1. The van der Waals surface area contributed by atoms with Crippen molar-refractivity contribution in [1.82, 2.24) is 24.1 Å². The van der Waals surface area contributed by atoms with Gasteiger partial charge in [-0.05, 0) is 18.2 Å². The van der Waals surface area contributed by atoms with Crippen LogP contribution in [0.2, 0.25) is 5.02 Å². The molecule has 0 radical (unpaired) electrons. The van der Waals surface area contributed by atoms with Crippen LogP contribution in [-0.4, -0.2) is 24.1 Å². The van der Waals surface area contributed by atoms with Crippen molar-refractivity contribution in [2.24, 2.45) is 14.1 Å². The number of benzene rings is 1. The number of imidazole rings is 1. The Balaban J connectivity index is 1.69. The minimum absolute atomic E-state index is 0.344. The van der Waals surface area contributed by atoms with Crippen LogP contribution in [0.3, 0.4) is 0 Å². The highest BCUT2D eigenvalue weighted by Crippen LogP contribution is 2.27. The Morgan fingerprint density at radius 3 is 2.84 bits per heavy atom. The number of oxazole rings is 1. The molecular formula is C15H12ClN5O3S. The largest absolute Gasteiger partial charge is 0.431 e. The van der Waals surface area contributed by atoms with E-state index in [1.165, 1.54) is 16.3 Å². The average molecular weight is 378 g/mol. The van der Waals surface area contributed by atoms with Gasteiger partial charge in [0.2, 0.25) is 0 Å². The summed E-state index contributed by atoms with van der Waals surface area (Å²) in [5, 5.41) is 1.07. The molecule has 0 saturated heterocycles. The van der Waals surface area contributed by atoms with Crippen molar-refractivity contribution in [2.45, 2.75) is 11.0 Å². The van der Waals surface area contributed by atoms with Crippen molar-refractivity contribution >= 4 is 45.6 Å². The van der Waals surface area contributed by atoms with Crippen molar-refractivity contribution < 1.29 is 4.42 Å². The first-order valence-corrected chi connectivity index (χ1v) is 8.64. The molecule has 0 aliphatic carbocycles. The number of thioether (sulfide) groups is 1. The molecule has 3 aromatic heterocycles. The van der Waals surface area contributed by atoms with Crippen molar-refractivity contribution in [3.8, 4) is 0 Å². The van der Waals surface area contributed by atoms with E-state index in [4.69, 9.17) is 16.0 Å². The Morgan fingerprint density at radius 2 is 2.04 bits per heavy atom. The lowest BCUT2D eigenvalue weighted by Crippen LogP contribution is -2.29. The van der Waals surface area contributed by atoms with E-state index in [0.29, 0.717) is 44.1 Å². The first-order chi connectivity index (χ1) is 11.9. The van der Waals surface area contributed by atoms with Crippen LogP contribution >= 0.6 is 23.4 Å². The number of hydrogen-bond donors (Lipinski definition) is 1. The molecule has 0 saturated carbocycles. The minimum atomic E-state index is -0.495. The third kappa shape index (κ3) is 2.65. The second kappa shape index (κ2) is 5.78. The van der Waals surface area contributed by atoms with E-state index in [1.807, 2.05) is 0 Å². The van der Waals surface area contributed by atoms with Gasteiger partial charge in [0.15, 0.2) is 16.7 Å². The van der Waals surface area contributed by atoms with Gasteiger partial charge in [0.25, 0.3) is 10.8 Å². The molecule has 0 bridgehead atoms. The molecule has 3 heterocycles. The molecule has 0 atom stereocenters. The maximum atomic E-state index is 12.0. The number of rotatable bonds is 3. The van der Waals surface area contributed by atoms with Gasteiger partial charge in [-0.3, -0.25) is 14.3 Å². The average Bonchev–Trinajstić information content (AvgIpc) is 3.11. The number of nitrogens with one attached hydrogen (secondary N) is 1. The maximum absolute atomic E-state index is 12.0. The van der Waals surface area contributed by atoms with Crippen molar-refractivity contribution in [3.05, 3.63) is 49.9 Å². The Bertz CT molecular complexity index is 1240. The molecule has 128 valence electrons. The van der Waals surface area contributed by atoms with Gasteiger partial charge in [0, 0.05) is 19.1 Å². The first kappa shape index (κ1) is 16.0. The van der Waals surface area contributed by atoms with Gasteiger partial charge in [-0.25, -0.2) is 14.8 Å². The molecule has 4 rings (SSSR count). The summed E-state index contributed by atoms with van der Waals surface area (Å²) in [7, 11) is 3.30. The van der Waals surface area contributed by atoms with Crippen LogP contribution in [-0.2, 0) is 19.8 Å². The molecule has 10 heteroatoms. The Morgan fingerprint density at radius 1 is 1.24 bits per heavy atom. The van der Waals surface area contributed by atoms with Gasteiger partial charge in [-0.15, -0.1) is 0 Å². The second-order valence-corrected chi connectivity index (χ2v) is 6.82. The van der Waals surface area contributed by atoms with E-state index in [-0.39, 0.29) is 0 Å². The summed E-state index contributed by atoms with van der Waals surface area (Å²) >= 11 is 7.29. The maximum Gasteiger partial charge on any atom is 0.329 e. The molecule has 8 nitrogen and oxygen atoms in total. The predicted molar refractivity (Wildman–Crippen MR) is 95.2 cm³/mol. The van der Waals surface area contributed by atoms with Crippen LogP contribution < -0.4 is 11.2 Å². The smallest absolute Gasteiger partial charge is 0.329 e. The number of aryl methyl sites for hydroxylation is 2. The van der Waals surface area contributed by atoms with E-state index >= 15 is 0 Å². The molecule has 0 aliphatic heterocycles. The number of fused-ring (bicyclic) bond motifs is 2. The van der Waals surface area contributed by atoms with Crippen LogP contribution in [0.4, 0.5) is 0 Å². The van der Waals surface area contributed by atoms with Crippen molar-refractivity contribution in [1.29, 1.82) is 0 Å².